The molecule has 2 aromatic rings. The second-order valence-corrected chi connectivity index (χ2v) is 4.93. The summed E-state index contributed by atoms with van der Waals surface area (Å²) in [5.41, 5.74) is 6.71. The summed E-state index contributed by atoms with van der Waals surface area (Å²) in [5, 5.41) is 3.83. The van der Waals surface area contributed by atoms with Crippen LogP contribution in [0.1, 0.15) is 5.69 Å². The highest BCUT2D eigenvalue weighted by Crippen LogP contribution is 2.21. The van der Waals surface area contributed by atoms with E-state index in [0.29, 0.717) is 21.4 Å². The molecule has 0 spiro atoms. The van der Waals surface area contributed by atoms with E-state index in [0.717, 1.165) is 0 Å². The largest absolute Gasteiger partial charge is 0.325 e. The Morgan fingerprint density at radius 1 is 1.30 bits per heavy atom. The van der Waals surface area contributed by atoms with Crippen LogP contribution in [0.25, 0.3) is 0 Å². The minimum absolute atomic E-state index is 0.178. The van der Waals surface area contributed by atoms with Crippen molar-refractivity contribution in [3.8, 4) is 0 Å². The van der Waals surface area contributed by atoms with Gasteiger partial charge < -0.3 is 5.73 Å². The van der Waals surface area contributed by atoms with Crippen molar-refractivity contribution >= 4 is 40.8 Å². The van der Waals surface area contributed by atoms with Crippen molar-refractivity contribution in [1.29, 1.82) is 0 Å². The van der Waals surface area contributed by atoms with Crippen LogP contribution in [0, 0.1) is 6.92 Å². The lowest BCUT2D eigenvalue weighted by molar-refractivity contribution is -0.365. The van der Waals surface area contributed by atoms with E-state index < -0.39 is 0 Å². The van der Waals surface area contributed by atoms with Gasteiger partial charge in [0.15, 0.2) is 0 Å². The maximum absolute atomic E-state index is 11.3. The lowest BCUT2D eigenvalue weighted by Gasteiger charge is -2.03. The number of nitrogens with zero attached hydrogens (tertiary/aromatic N) is 1. The molecule has 0 aliphatic heterocycles. The number of H-pyrrole nitrogens is 1. The topological polar surface area (TPSA) is 97.8 Å². The van der Waals surface area contributed by atoms with Gasteiger partial charge in [0.05, 0.1) is 11.4 Å². The predicted octanol–water partition coefficient (Wildman–Crippen LogP) is 0.524. The zero-order valence-electron chi connectivity index (χ0n) is 10.5. The second kappa shape index (κ2) is 5.94. The van der Waals surface area contributed by atoms with Gasteiger partial charge in [-0.3, -0.25) is 10.1 Å². The Bertz CT molecular complexity index is 706. The average molecular weight is 313 g/mol. The summed E-state index contributed by atoms with van der Waals surface area (Å²) in [5.74, 6) is 0.421. The van der Waals surface area contributed by atoms with Crippen molar-refractivity contribution in [2.24, 2.45) is 5.73 Å². The monoisotopic (exact) mass is 312 g/mol. The number of anilines is 1. The van der Waals surface area contributed by atoms with Crippen LogP contribution in [-0.4, -0.2) is 15.9 Å². The number of guanidine groups is 1. The molecule has 5 N–H and O–H groups in total. The van der Waals surface area contributed by atoms with Gasteiger partial charge in [0.2, 0.25) is 0 Å². The van der Waals surface area contributed by atoms with Gasteiger partial charge in [-0.1, -0.05) is 23.2 Å². The number of aromatic amines is 1. The third-order valence-corrected chi connectivity index (χ3v) is 2.70. The Morgan fingerprint density at radius 3 is 2.55 bits per heavy atom. The molecule has 0 aliphatic rings. The molecule has 8 heteroatoms. The maximum atomic E-state index is 11.3. The smallest absolute Gasteiger partial charge is 0.322 e. The molecule has 0 radical (unpaired) electrons. The molecule has 0 unspecified atom stereocenters. The van der Waals surface area contributed by atoms with E-state index in [-0.39, 0.29) is 17.5 Å². The summed E-state index contributed by atoms with van der Waals surface area (Å²) in [7, 11) is 0. The third kappa shape index (κ3) is 3.97. The average Bonchev–Trinajstić information content (AvgIpc) is 2.24. The fourth-order valence-corrected chi connectivity index (χ4v) is 2.10. The minimum Gasteiger partial charge on any atom is -0.322 e. The summed E-state index contributed by atoms with van der Waals surface area (Å²) in [6, 6.07) is 6.31. The quantitative estimate of drug-likeness (QED) is 0.480. The Kier molecular flexibility index (Phi) is 4.26. The van der Waals surface area contributed by atoms with Crippen LogP contribution >= 0.6 is 23.2 Å². The number of nitrogens with two attached hydrogens (primary N) is 1. The number of rotatable bonds is 2. The fraction of sp³-hybridized carbons (Fsp3) is 0.0833. The zero-order chi connectivity index (χ0) is 14.7. The van der Waals surface area contributed by atoms with Gasteiger partial charge in [0, 0.05) is 16.1 Å². The predicted molar refractivity (Wildman–Crippen MR) is 79.5 cm³/mol. The molecule has 20 heavy (non-hydrogen) atoms. The molecule has 0 bridgehead atoms. The van der Waals surface area contributed by atoms with E-state index in [1.165, 1.54) is 6.07 Å². The number of nitrogens with one attached hydrogen (secondary N) is 3. The second-order valence-electron chi connectivity index (χ2n) is 4.06. The van der Waals surface area contributed by atoms with Crippen LogP contribution in [-0.2, 0) is 0 Å². The molecular weight excluding hydrogens is 301 g/mol. The summed E-state index contributed by atoms with van der Waals surface area (Å²) < 4.78 is 0. The van der Waals surface area contributed by atoms with Gasteiger partial charge in [0.25, 0.3) is 11.5 Å². The van der Waals surface area contributed by atoms with E-state index in [1.807, 2.05) is 0 Å². The molecule has 104 valence electrons. The maximum Gasteiger partial charge on any atom is 0.325 e. The first-order chi connectivity index (χ1) is 9.42. The zero-order valence-corrected chi connectivity index (χ0v) is 12.0. The van der Waals surface area contributed by atoms with Crippen LogP contribution in [0.15, 0.2) is 29.1 Å². The third-order valence-electron chi connectivity index (χ3n) is 2.26. The summed E-state index contributed by atoms with van der Waals surface area (Å²) >= 11 is 11.8. The van der Waals surface area contributed by atoms with Crippen molar-refractivity contribution in [3.63, 3.8) is 0 Å². The molecule has 0 amide bonds. The number of aryl methyl sites for hydroxylation is 1. The Labute approximate surface area is 124 Å². The molecule has 1 aromatic carbocycles. The molecule has 1 heterocycles. The SMILES string of the molecule is Cc1cc(=O)[nH]c([NH+]=C(N)Nc2cc(Cl)cc(Cl)c2)n1. The van der Waals surface area contributed by atoms with Crippen LogP contribution in [0.3, 0.4) is 0 Å². The van der Waals surface area contributed by atoms with Gasteiger partial charge in [-0.05, 0) is 25.1 Å². The van der Waals surface area contributed by atoms with Crippen molar-refractivity contribution in [2.45, 2.75) is 6.92 Å². The van der Waals surface area contributed by atoms with Gasteiger partial charge in [-0.25, -0.2) is 9.98 Å². The number of aromatic nitrogens is 2. The van der Waals surface area contributed by atoms with Gasteiger partial charge in [0.1, 0.15) is 0 Å². The number of hydrogen-bond donors (Lipinski definition) is 4. The number of benzene rings is 1. The molecule has 0 atom stereocenters. The highest BCUT2D eigenvalue weighted by Gasteiger charge is 2.05. The summed E-state index contributed by atoms with van der Waals surface area (Å²) in [6.07, 6.45) is 0. The van der Waals surface area contributed by atoms with Crippen LogP contribution in [0.2, 0.25) is 10.0 Å². The molecule has 6 nitrogen and oxygen atoms in total. The van der Waals surface area contributed by atoms with Gasteiger partial charge >= 0.3 is 5.95 Å². The Hall–Kier alpha value is -2.05. The first-order valence-electron chi connectivity index (χ1n) is 5.63. The van der Waals surface area contributed by atoms with Crippen LogP contribution < -0.4 is 21.6 Å². The van der Waals surface area contributed by atoms with E-state index in [1.54, 1.807) is 25.1 Å². The summed E-state index contributed by atoms with van der Waals surface area (Å²) in [6.45, 7) is 1.71. The highest BCUT2D eigenvalue weighted by molar-refractivity contribution is 6.35. The standard InChI is InChI=1S/C12H11Cl2N5O/c1-6-2-10(20)18-12(16-6)19-11(15)17-9-4-7(13)3-8(14)5-9/h2-5H,1H3,(H4,15,16,17,18,19,20)/p+1. The van der Waals surface area contributed by atoms with Gasteiger partial charge in [-0.2, -0.15) is 0 Å². The van der Waals surface area contributed by atoms with E-state index >= 15 is 0 Å². The van der Waals surface area contributed by atoms with E-state index in [4.69, 9.17) is 28.9 Å². The van der Waals surface area contributed by atoms with E-state index in [9.17, 15) is 4.79 Å². The molecular formula is C12H12Cl2N5O+. The Balaban J connectivity index is 2.24. The minimum atomic E-state index is -0.265. The van der Waals surface area contributed by atoms with Crippen LogP contribution in [0.4, 0.5) is 11.6 Å². The molecule has 0 saturated carbocycles. The van der Waals surface area contributed by atoms with Gasteiger partial charge in [-0.15, -0.1) is 4.98 Å². The molecule has 0 saturated heterocycles. The number of hydrogen-bond acceptors (Lipinski definition) is 2. The Morgan fingerprint density at radius 2 is 1.95 bits per heavy atom. The number of halogens is 2. The molecule has 0 aliphatic carbocycles. The van der Waals surface area contributed by atoms with Crippen molar-refractivity contribution in [3.05, 3.63) is 50.4 Å². The first kappa shape index (κ1) is 14.4. The lowest BCUT2D eigenvalue weighted by atomic mass is 10.3. The highest BCUT2D eigenvalue weighted by atomic mass is 35.5. The molecule has 0 fully saturated rings. The van der Waals surface area contributed by atoms with Crippen LogP contribution in [0.5, 0.6) is 0 Å². The lowest BCUT2D eigenvalue weighted by Crippen LogP contribution is -2.73. The fourth-order valence-electron chi connectivity index (χ4n) is 1.58. The first-order valence-corrected chi connectivity index (χ1v) is 6.38. The summed E-state index contributed by atoms with van der Waals surface area (Å²) in [4.78, 5) is 20.6. The van der Waals surface area contributed by atoms with E-state index in [2.05, 4.69) is 20.3 Å². The van der Waals surface area contributed by atoms with Crippen molar-refractivity contribution in [1.82, 2.24) is 9.97 Å². The normalized spacial score (nSPS) is 11.4. The van der Waals surface area contributed by atoms with Crippen molar-refractivity contribution < 1.29 is 4.99 Å². The molecule has 2 rings (SSSR count). The molecule has 1 aromatic heterocycles. The van der Waals surface area contributed by atoms with Crippen molar-refractivity contribution in [2.75, 3.05) is 5.32 Å².